The van der Waals surface area contributed by atoms with Gasteiger partial charge < -0.3 is 0 Å². The van der Waals surface area contributed by atoms with Crippen LogP contribution in [0.2, 0.25) is 0 Å². The molecule has 82 valence electrons. The van der Waals surface area contributed by atoms with Crippen LogP contribution in [0.25, 0.3) is 0 Å². The van der Waals surface area contributed by atoms with Gasteiger partial charge in [-0.05, 0) is 0 Å². The Labute approximate surface area is 99.0 Å². The Morgan fingerprint density at radius 3 is 1.80 bits per heavy atom. The second-order valence-electron chi connectivity index (χ2n) is 3.84. The molecule has 2 aliphatic carbocycles. The second-order valence-corrected chi connectivity index (χ2v) is 5.45. The van der Waals surface area contributed by atoms with E-state index in [1.807, 2.05) is 0 Å². The molecular weight excluding hydrogens is 224 g/mol. The van der Waals surface area contributed by atoms with E-state index in [1.54, 1.807) is 20.1 Å². The maximum absolute atomic E-state index is 2.31. The van der Waals surface area contributed by atoms with Crippen molar-refractivity contribution < 1.29 is 15.0 Å². The van der Waals surface area contributed by atoms with Gasteiger partial charge in [-0.2, -0.15) is 0 Å². The van der Waals surface area contributed by atoms with Crippen molar-refractivity contribution >= 4 is 0 Å². The van der Waals surface area contributed by atoms with E-state index < -0.39 is 0 Å². The molecule has 1 heteroatoms. The Morgan fingerprint density at radius 2 is 1.40 bits per heavy atom. The molecule has 0 amide bonds. The van der Waals surface area contributed by atoms with E-state index in [2.05, 4.69) is 38.2 Å². The van der Waals surface area contributed by atoms with Crippen LogP contribution in [0.3, 0.4) is 0 Å². The Kier molecular flexibility index (Phi) is 3.66. The number of hydrogen-bond donors (Lipinski definition) is 0. The van der Waals surface area contributed by atoms with Gasteiger partial charge in [0.25, 0.3) is 0 Å². The molecule has 2 aliphatic rings. The molecule has 0 atom stereocenters. The summed E-state index contributed by atoms with van der Waals surface area (Å²) in [6.07, 6.45) is 14.0. The van der Waals surface area contributed by atoms with Gasteiger partial charge in [0.15, 0.2) is 0 Å². The zero-order valence-electron chi connectivity index (χ0n) is 9.49. The van der Waals surface area contributed by atoms with Crippen LogP contribution in [-0.2, 0) is 15.0 Å². The molecule has 2 rings (SSSR count). The summed E-state index contributed by atoms with van der Waals surface area (Å²) >= 11 is 1.21. The normalized spacial score (nSPS) is 20.1. The predicted molar refractivity (Wildman–Crippen MR) is 62.1 cm³/mol. The monoisotopic (exact) mass is 242 g/mol. The number of allylic oxidation sites excluding steroid dienone is 8. The number of hydrogen-bond acceptors (Lipinski definition) is 0. The summed E-state index contributed by atoms with van der Waals surface area (Å²) in [4.78, 5) is 0. The molecule has 0 aromatic rings. The topological polar surface area (TPSA) is 0 Å². The van der Waals surface area contributed by atoms with Crippen molar-refractivity contribution in [1.29, 1.82) is 0 Å². The third kappa shape index (κ3) is 2.35. The molecule has 0 nitrogen and oxygen atoms in total. The van der Waals surface area contributed by atoms with Gasteiger partial charge in [-0.1, -0.05) is 0 Å². The van der Waals surface area contributed by atoms with Gasteiger partial charge >= 0.3 is 98.9 Å². The summed E-state index contributed by atoms with van der Waals surface area (Å²) in [7, 11) is 0. The molecule has 0 fully saturated rings. The maximum atomic E-state index is 2.31. The predicted octanol–water partition coefficient (Wildman–Crippen LogP) is 4.32. The van der Waals surface area contributed by atoms with Gasteiger partial charge in [-0.25, -0.2) is 0 Å². The van der Waals surface area contributed by atoms with E-state index in [-0.39, 0.29) is 0 Å². The molecule has 0 radical (unpaired) electrons. The van der Waals surface area contributed by atoms with E-state index in [1.165, 1.54) is 40.6 Å². The molecular formula is C14H18Fe. The third-order valence-corrected chi connectivity index (χ3v) is 4.70. The van der Waals surface area contributed by atoms with Gasteiger partial charge in [0.2, 0.25) is 0 Å². The first-order valence-electron chi connectivity index (χ1n) is 5.74. The first kappa shape index (κ1) is 11.0. The van der Waals surface area contributed by atoms with Crippen LogP contribution in [-0.4, -0.2) is 0 Å². The quantitative estimate of drug-likeness (QED) is 0.644. The molecule has 0 spiro atoms. The van der Waals surface area contributed by atoms with E-state index >= 15 is 0 Å². The Hall–Kier alpha value is -0.521. The van der Waals surface area contributed by atoms with E-state index in [0.29, 0.717) is 0 Å². The summed E-state index contributed by atoms with van der Waals surface area (Å²) < 4.78 is 3.31. The Balaban J connectivity index is 2.10. The van der Waals surface area contributed by atoms with Crippen molar-refractivity contribution in [3.63, 3.8) is 0 Å². The van der Waals surface area contributed by atoms with Crippen LogP contribution in [0.4, 0.5) is 0 Å². The van der Waals surface area contributed by atoms with Crippen molar-refractivity contribution in [2.75, 3.05) is 0 Å². The van der Waals surface area contributed by atoms with E-state index in [0.717, 1.165) is 0 Å². The molecule has 0 aliphatic heterocycles. The minimum atomic E-state index is 1.18. The zero-order valence-corrected chi connectivity index (χ0v) is 10.6. The van der Waals surface area contributed by atoms with Gasteiger partial charge in [0.1, 0.15) is 0 Å². The number of rotatable bonds is 4. The summed E-state index contributed by atoms with van der Waals surface area (Å²) in [5.41, 5.74) is 3.15. The van der Waals surface area contributed by atoms with Crippen molar-refractivity contribution in [2.45, 2.75) is 39.5 Å². The van der Waals surface area contributed by atoms with Crippen LogP contribution in [0.1, 0.15) is 39.5 Å². The summed E-state index contributed by atoms with van der Waals surface area (Å²) in [5, 5.41) is 0. The van der Waals surface area contributed by atoms with Gasteiger partial charge in [-0.15, -0.1) is 0 Å². The molecule has 0 saturated heterocycles. The minimum absolute atomic E-state index is 1.18. The average Bonchev–Trinajstić information content (AvgIpc) is 2.87. The van der Waals surface area contributed by atoms with Gasteiger partial charge in [-0.3, -0.25) is 0 Å². The zero-order chi connectivity index (χ0) is 10.7. The van der Waals surface area contributed by atoms with Crippen molar-refractivity contribution in [3.8, 4) is 0 Å². The molecule has 0 heterocycles. The standard InChI is InChI=1S/2C7H9.Fe/c2*1-2-7-5-3-4-6-7;/h2*3,5H,2,4H2,1H3;. The van der Waals surface area contributed by atoms with Crippen molar-refractivity contribution in [3.05, 3.63) is 44.4 Å². The summed E-state index contributed by atoms with van der Waals surface area (Å²) in [6.45, 7) is 4.51. The Bertz CT molecular complexity index is 331. The van der Waals surface area contributed by atoms with Gasteiger partial charge in [0, 0.05) is 0 Å². The van der Waals surface area contributed by atoms with E-state index in [9.17, 15) is 0 Å². The fraction of sp³-hybridized carbons (Fsp3) is 0.429. The first-order chi connectivity index (χ1) is 7.35. The fourth-order valence-electron chi connectivity index (χ4n) is 1.97. The summed E-state index contributed by atoms with van der Waals surface area (Å²) in [6, 6.07) is 0. The SMILES string of the molecule is CCC1=[C]([Fe][C]2=C(CC)C=CC2)CC=C1. The molecule has 0 N–H and O–H groups in total. The molecule has 15 heavy (non-hydrogen) atoms. The Morgan fingerprint density at radius 1 is 0.933 bits per heavy atom. The molecule has 0 aromatic heterocycles. The fourth-order valence-corrected chi connectivity index (χ4v) is 3.78. The second kappa shape index (κ2) is 5.01. The molecule has 0 unspecified atom stereocenters. The van der Waals surface area contributed by atoms with Crippen LogP contribution < -0.4 is 0 Å². The first-order valence-corrected chi connectivity index (χ1v) is 6.85. The van der Waals surface area contributed by atoms with Crippen molar-refractivity contribution in [1.82, 2.24) is 0 Å². The van der Waals surface area contributed by atoms with Gasteiger partial charge in [0.05, 0.1) is 0 Å². The average molecular weight is 242 g/mol. The van der Waals surface area contributed by atoms with Crippen LogP contribution >= 0.6 is 0 Å². The van der Waals surface area contributed by atoms with Crippen LogP contribution in [0, 0.1) is 0 Å². The van der Waals surface area contributed by atoms with Crippen LogP contribution in [0.5, 0.6) is 0 Å². The third-order valence-electron chi connectivity index (χ3n) is 2.88. The van der Waals surface area contributed by atoms with E-state index in [4.69, 9.17) is 0 Å². The van der Waals surface area contributed by atoms with Crippen molar-refractivity contribution in [2.24, 2.45) is 0 Å². The molecule has 0 saturated carbocycles. The molecule has 0 aromatic carbocycles. The summed E-state index contributed by atoms with van der Waals surface area (Å²) in [5.74, 6) is 0. The molecule has 0 bridgehead atoms. The van der Waals surface area contributed by atoms with Crippen LogP contribution in [0.15, 0.2) is 44.4 Å².